The van der Waals surface area contributed by atoms with Gasteiger partial charge >= 0.3 is 12.0 Å². The zero-order chi connectivity index (χ0) is 13.3. The third kappa shape index (κ3) is 2.94. The van der Waals surface area contributed by atoms with Crippen LogP contribution in [-0.2, 0) is 4.79 Å². The molecule has 0 bridgehead atoms. The number of amides is 2. The van der Waals surface area contributed by atoms with Crippen molar-refractivity contribution in [2.45, 2.75) is 51.6 Å². The third-order valence-corrected chi connectivity index (χ3v) is 4.17. The minimum atomic E-state index is -0.742. The molecule has 5 nitrogen and oxygen atoms in total. The largest absolute Gasteiger partial charge is 0.481 e. The van der Waals surface area contributed by atoms with Crippen LogP contribution in [-0.4, -0.2) is 40.6 Å². The van der Waals surface area contributed by atoms with E-state index < -0.39 is 5.97 Å². The van der Waals surface area contributed by atoms with Crippen LogP contribution in [0.15, 0.2) is 0 Å². The summed E-state index contributed by atoms with van der Waals surface area (Å²) in [6.07, 6.45) is 3.53. The minimum Gasteiger partial charge on any atom is -0.481 e. The molecule has 2 N–H and O–H groups in total. The van der Waals surface area contributed by atoms with Crippen LogP contribution in [0.2, 0.25) is 0 Å². The van der Waals surface area contributed by atoms with Crippen LogP contribution < -0.4 is 5.32 Å². The molecule has 0 aromatic carbocycles. The summed E-state index contributed by atoms with van der Waals surface area (Å²) in [5.41, 5.74) is 0. The molecule has 2 aliphatic rings. The molecule has 1 aliphatic carbocycles. The summed E-state index contributed by atoms with van der Waals surface area (Å²) in [5.74, 6) is -0.404. The van der Waals surface area contributed by atoms with E-state index in [1.807, 2.05) is 13.8 Å². The van der Waals surface area contributed by atoms with E-state index in [2.05, 4.69) is 5.32 Å². The standard InChI is InChI=1S/C13H22N2O3/c1-8-7-11(12(16)17)5-6-15(8)13(18)14-9(2)10-3-4-10/h8-11H,3-7H2,1-2H3,(H,14,18)(H,16,17). The van der Waals surface area contributed by atoms with Crippen LogP contribution in [0.1, 0.15) is 39.5 Å². The van der Waals surface area contributed by atoms with E-state index in [0.29, 0.717) is 25.3 Å². The number of hydrogen-bond donors (Lipinski definition) is 2. The lowest BCUT2D eigenvalue weighted by Crippen LogP contribution is -2.52. The molecule has 2 fully saturated rings. The number of urea groups is 1. The fraction of sp³-hybridized carbons (Fsp3) is 0.846. The number of likely N-dealkylation sites (tertiary alicyclic amines) is 1. The molecule has 0 aromatic rings. The molecular weight excluding hydrogens is 232 g/mol. The molecule has 1 saturated heterocycles. The second-order valence-corrected chi connectivity index (χ2v) is 5.68. The summed E-state index contributed by atoms with van der Waals surface area (Å²) in [5, 5.41) is 12.0. The molecule has 1 aliphatic heterocycles. The number of carboxylic acid groups (broad SMARTS) is 1. The summed E-state index contributed by atoms with van der Waals surface area (Å²) in [7, 11) is 0. The van der Waals surface area contributed by atoms with Gasteiger partial charge in [0.1, 0.15) is 0 Å². The molecule has 3 unspecified atom stereocenters. The van der Waals surface area contributed by atoms with Crippen LogP contribution >= 0.6 is 0 Å². The van der Waals surface area contributed by atoms with Gasteiger partial charge in [-0.1, -0.05) is 0 Å². The first kappa shape index (κ1) is 13.2. The zero-order valence-electron chi connectivity index (χ0n) is 11.1. The smallest absolute Gasteiger partial charge is 0.317 e. The van der Waals surface area contributed by atoms with Gasteiger partial charge in [0.15, 0.2) is 0 Å². The van der Waals surface area contributed by atoms with Crippen LogP contribution in [0, 0.1) is 11.8 Å². The van der Waals surface area contributed by atoms with Crippen molar-refractivity contribution >= 4 is 12.0 Å². The lowest BCUT2D eigenvalue weighted by molar-refractivity contribution is -0.143. The van der Waals surface area contributed by atoms with Gasteiger partial charge in [0, 0.05) is 18.6 Å². The quantitative estimate of drug-likeness (QED) is 0.805. The highest BCUT2D eigenvalue weighted by Crippen LogP contribution is 2.32. The van der Waals surface area contributed by atoms with Crippen molar-refractivity contribution in [2.75, 3.05) is 6.54 Å². The first-order valence-corrected chi connectivity index (χ1v) is 6.79. The molecule has 18 heavy (non-hydrogen) atoms. The Morgan fingerprint density at radius 2 is 2.00 bits per heavy atom. The van der Waals surface area contributed by atoms with Gasteiger partial charge in [-0.15, -0.1) is 0 Å². The molecule has 1 heterocycles. The Morgan fingerprint density at radius 3 is 2.50 bits per heavy atom. The fourth-order valence-electron chi connectivity index (χ4n) is 2.69. The van der Waals surface area contributed by atoms with E-state index in [9.17, 15) is 9.59 Å². The Balaban J connectivity index is 1.85. The van der Waals surface area contributed by atoms with Gasteiger partial charge in [0.25, 0.3) is 0 Å². The van der Waals surface area contributed by atoms with Crippen LogP contribution in [0.25, 0.3) is 0 Å². The highest BCUT2D eigenvalue weighted by molar-refractivity contribution is 5.76. The second-order valence-electron chi connectivity index (χ2n) is 5.68. The zero-order valence-corrected chi connectivity index (χ0v) is 11.1. The van der Waals surface area contributed by atoms with Crippen LogP contribution in [0.4, 0.5) is 4.79 Å². The molecule has 102 valence electrons. The minimum absolute atomic E-state index is 0.00579. The molecule has 0 radical (unpaired) electrons. The number of hydrogen-bond acceptors (Lipinski definition) is 2. The maximum Gasteiger partial charge on any atom is 0.317 e. The maximum absolute atomic E-state index is 12.1. The number of carbonyl (C=O) groups excluding carboxylic acids is 1. The Kier molecular flexibility index (Phi) is 3.78. The molecule has 5 heteroatoms. The van der Waals surface area contributed by atoms with Gasteiger partial charge in [0.2, 0.25) is 0 Å². The summed E-state index contributed by atoms with van der Waals surface area (Å²) >= 11 is 0. The average Bonchev–Trinajstić information content (AvgIpc) is 3.12. The van der Waals surface area contributed by atoms with Crippen molar-refractivity contribution in [2.24, 2.45) is 11.8 Å². The topological polar surface area (TPSA) is 69.6 Å². The SMILES string of the molecule is CC(NC(=O)N1CCC(C(=O)O)CC1C)C1CC1. The van der Waals surface area contributed by atoms with Gasteiger partial charge in [0.05, 0.1) is 5.92 Å². The molecule has 3 atom stereocenters. The highest BCUT2D eigenvalue weighted by atomic mass is 16.4. The van der Waals surface area contributed by atoms with Gasteiger partial charge in [-0.25, -0.2) is 4.79 Å². The summed E-state index contributed by atoms with van der Waals surface area (Å²) in [6, 6.07) is 0.207. The maximum atomic E-state index is 12.1. The Hall–Kier alpha value is -1.26. The average molecular weight is 254 g/mol. The van der Waals surface area contributed by atoms with Crippen molar-refractivity contribution in [1.29, 1.82) is 0 Å². The van der Waals surface area contributed by atoms with Crippen molar-refractivity contribution in [3.05, 3.63) is 0 Å². The van der Waals surface area contributed by atoms with Gasteiger partial charge in [-0.2, -0.15) is 0 Å². The molecule has 0 spiro atoms. The molecule has 2 rings (SSSR count). The Morgan fingerprint density at radius 1 is 1.33 bits per heavy atom. The first-order chi connectivity index (χ1) is 8.49. The second kappa shape index (κ2) is 5.16. The number of aliphatic carboxylic acids is 1. The number of nitrogens with one attached hydrogen (secondary N) is 1. The third-order valence-electron chi connectivity index (χ3n) is 4.17. The monoisotopic (exact) mass is 254 g/mol. The predicted octanol–water partition coefficient (Wildman–Crippen LogP) is 1.68. The molecule has 1 saturated carbocycles. The number of piperidine rings is 1. The fourth-order valence-corrected chi connectivity index (χ4v) is 2.69. The normalized spacial score (nSPS) is 29.8. The molecule has 2 amide bonds. The van der Waals surface area contributed by atoms with Crippen LogP contribution in [0.5, 0.6) is 0 Å². The van der Waals surface area contributed by atoms with E-state index in [4.69, 9.17) is 5.11 Å². The first-order valence-electron chi connectivity index (χ1n) is 6.79. The van der Waals surface area contributed by atoms with Crippen molar-refractivity contribution < 1.29 is 14.7 Å². The summed E-state index contributed by atoms with van der Waals surface area (Å²) in [4.78, 5) is 24.8. The van der Waals surface area contributed by atoms with Crippen LogP contribution in [0.3, 0.4) is 0 Å². The number of carbonyl (C=O) groups is 2. The van der Waals surface area contributed by atoms with E-state index in [-0.39, 0.29) is 24.0 Å². The van der Waals surface area contributed by atoms with Crippen molar-refractivity contribution in [3.63, 3.8) is 0 Å². The van der Waals surface area contributed by atoms with E-state index >= 15 is 0 Å². The van der Waals surface area contributed by atoms with E-state index in [1.54, 1.807) is 4.90 Å². The lowest BCUT2D eigenvalue weighted by atomic mass is 9.92. The van der Waals surface area contributed by atoms with Gasteiger partial charge in [-0.05, 0) is 45.4 Å². The molecular formula is C13H22N2O3. The summed E-state index contributed by atoms with van der Waals surface area (Å²) < 4.78 is 0. The predicted molar refractivity (Wildman–Crippen MR) is 67.2 cm³/mol. The van der Waals surface area contributed by atoms with E-state index in [1.165, 1.54) is 12.8 Å². The highest BCUT2D eigenvalue weighted by Gasteiger charge is 2.34. The number of carboxylic acids is 1. The number of nitrogens with zero attached hydrogens (tertiary/aromatic N) is 1. The number of rotatable bonds is 3. The van der Waals surface area contributed by atoms with E-state index in [0.717, 1.165) is 0 Å². The summed E-state index contributed by atoms with van der Waals surface area (Å²) in [6.45, 7) is 4.52. The van der Waals surface area contributed by atoms with Gasteiger partial charge in [-0.3, -0.25) is 4.79 Å². The Labute approximate surface area is 108 Å². The van der Waals surface area contributed by atoms with Crippen molar-refractivity contribution in [3.8, 4) is 0 Å². The Bertz CT molecular complexity index is 341. The van der Waals surface area contributed by atoms with Gasteiger partial charge < -0.3 is 15.3 Å². The molecule has 0 aromatic heterocycles. The van der Waals surface area contributed by atoms with Crippen molar-refractivity contribution in [1.82, 2.24) is 10.2 Å². The lowest BCUT2D eigenvalue weighted by Gasteiger charge is -2.36.